The van der Waals surface area contributed by atoms with Gasteiger partial charge in [-0.2, -0.15) is 0 Å². The van der Waals surface area contributed by atoms with Crippen LogP contribution in [0.3, 0.4) is 0 Å². The number of esters is 1. The van der Waals surface area contributed by atoms with E-state index < -0.39 is 5.97 Å². The lowest BCUT2D eigenvalue weighted by Gasteiger charge is -2.11. The lowest BCUT2D eigenvalue weighted by Crippen LogP contribution is -2.29. The molecule has 0 aliphatic heterocycles. The number of hydrogen-bond donors (Lipinski definition) is 2. The van der Waals surface area contributed by atoms with Gasteiger partial charge < -0.3 is 15.4 Å². The minimum atomic E-state index is -0.416. The average Bonchev–Trinajstić information content (AvgIpc) is 2.39. The molecule has 0 saturated heterocycles. The molecule has 2 N–H and O–H groups in total. The number of hydrogen-bond acceptors (Lipinski definition) is 3. The second-order valence-corrected chi connectivity index (χ2v) is 4.02. The van der Waals surface area contributed by atoms with Gasteiger partial charge in [0.15, 0.2) is 0 Å². The molecule has 19 heavy (non-hydrogen) atoms. The number of carbonyl (C=O) groups excluding carboxylic acids is 2. The highest BCUT2D eigenvalue weighted by Crippen LogP contribution is 2.16. The molecule has 0 saturated carbocycles. The molecule has 104 valence electrons. The maximum Gasteiger partial charge on any atom is 0.340 e. The minimum absolute atomic E-state index is 0.337. The van der Waals surface area contributed by atoms with Crippen molar-refractivity contribution in [3.8, 4) is 0 Å². The number of anilines is 1. The van der Waals surface area contributed by atoms with E-state index in [-0.39, 0.29) is 6.03 Å². The molecule has 5 heteroatoms. The van der Waals surface area contributed by atoms with Crippen LogP contribution >= 0.6 is 0 Å². The standard InChI is InChI=1S/C14H20N2O3/c1-3-5-10-19-13(17)11-8-6-7-9-12(11)16-14(18)15-4-2/h6-9H,3-5,10H2,1-2H3,(H2,15,16,18). The van der Waals surface area contributed by atoms with Crippen molar-refractivity contribution < 1.29 is 14.3 Å². The van der Waals surface area contributed by atoms with Crippen LogP contribution in [0.4, 0.5) is 10.5 Å². The van der Waals surface area contributed by atoms with Gasteiger partial charge in [-0.3, -0.25) is 0 Å². The topological polar surface area (TPSA) is 67.4 Å². The van der Waals surface area contributed by atoms with Crippen molar-refractivity contribution in [3.05, 3.63) is 29.8 Å². The molecule has 0 radical (unpaired) electrons. The van der Waals surface area contributed by atoms with Crippen molar-refractivity contribution >= 4 is 17.7 Å². The maximum absolute atomic E-state index is 11.9. The summed E-state index contributed by atoms with van der Waals surface area (Å²) in [5, 5.41) is 5.24. The zero-order valence-corrected chi connectivity index (χ0v) is 11.4. The van der Waals surface area contributed by atoms with Crippen LogP contribution < -0.4 is 10.6 Å². The van der Waals surface area contributed by atoms with E-state index in [0.29, 0.717) is 24.4 Å². The quantitative estimate of drug-likeness (QED) is 0.613. The van der Waals surface area contributed by atoms with Gasteiger partial charge in [-0.1, -0.05) is 25.5 Å². The Labute approximate surface area is 113 Å². The van der Waals surface area contributed by atoms with Crippen molar-refractivity contribution in [3.63, 3.8) is 0 Å². The molecule has 0 spiro atoms. The van der Waals surface area contributed by atoms with Gasteiger partial charge in [0.05, 0.1) is 17.9 Å². The van der Waals surface area contributed by atoms with Gasteiger partial charge in [0, 0.05) is 6.54 Å². The third-order valence-corrected chi connectivity index (χ3v) is 2.46. The highest BCUT2D eigenvalue weighted by molar-refractivity contribution is 6.00. The SMILES string of the molecule is CCCCOC(=O)c1ccccc1NC(=O)NCC. The Hall–Kier alpha value is -2.04. The summed E-state index contributed by atoms with van der Waals surface area (Å²) < 4.78 is 5.14. The number of benzene rings is 1. The first-order valence-corrected chi connectivity index (χ1v) is 6.50. The molecule has 0 fully saturated rings. The van der Waals surface area contributed by atoms with Crippen LogP contribution in [0.5, 0.6) is 0 Å². The van der Waals surface area contributed by atoms with Crippen LogP contribution in [0, 0.1) is 0 Å². The molecule has 0 aliphatic carbocycles. The zero-order chi connectivity index (χ0) is 14.1. The summed E-state index contributed by atoms with van der Waals surface area (Å²) in [4.78, 5) is 23.4. The minimum Gasteiger partial charge on any atom is -0.462 e. The van der Waals surface area contributed by atoms with Crippen LogP contribution in [-0.4, -0.2) is 25.2 Å². The van der Waals surface area contributed by atoms with Gasteiger partial charge in [-0.25, -0.2) is 9.59 Å². The summed E-state index contributed by atoms with van der Waals surface area (Å²) >= 11 is 0. The Kier molecular flexibility index (Phi) is 6.43. The number of para-hydroxylation sites is 1. The van der Waals surface area contributed by atoms with E-state index in [1.165, 1.54) is 0 Å². The molecule has 5 nitrogen and oxygen atoms in total. The first-order valence-electron chi connectivity index (χ1n) is 6.50. The molecule has 0 unspecified atom stereocenters. The van der Waals surface area contributed by atoms with Crippen LogP contribution in [0.25, 0.3) is 0 Å². The molecule has 0 bridgehead atoms. The molecule has 0 aliphatic rings. The van der Waals surface area contributed by atoms with Crippen molar-refractivity contribution in [2.75, 3.05) is 18.5 Å². The molecule has 0 atom stereocenters. The molecule has 0 aromatic heterocycles. The molecular weight excluding hydrogens is 244 g/mol. The van der Waals surface area contributed by atoms with E-state index in [9.17, 15) is 9.59 Å². The highest BCUT2D eigenvalue weighted by Gasteiger charge is 2.13. The fourth-order valence-electron chi connectivity index (χ4n) is 1.48. The summed E-state index contributed by atoms with van der Waals surface area (Å²) in [5.74, 6) is -0.416. The number of rotatable bonds is 6. The average molecular weight is 264 g/mol. The van der Waals surface area contributed by atoms with Gasteiger partial charge in [0.25, 0.3) is 0 Å². The van der Waals surface area contributed by atoms with E-state index in [1.807, 2.05) is 13.8 Å². The van der Waals surface area contributed by atoms with Crippen LogP contribution in [0.2, 0.25) is 0 Å². The number of unbranched alkanes of at least 4 members (excludes halogenated alkanes) is 1. The van der Waals surface area contributed by atoms with Crippen molar-refractivity contribution in [1.29, 1.82) is 0 Å². The van der Waals surface area contributed by atoms with Crippen molar-refractivity contribution in [2.45, 2.75) is 26.7 Å². The number of nitrogens with one attached hydrogen (secondary N) is 2. The third-order valence-electron chi connectivity index (χ3n) is 2.46. The number of amides is 2. The molecule has 0 heterocycles. The Morgan fingerprint density at radius 2 is 1.95 bits per heavy atom. The maximum atomic E-state index is 11.9. The number of ether oxygens (including phenoxy) is 1. The second-order valence-electron chi connectivity index (χ2n) is 4.02. The Bertz CT molecular complexity index is 432. The van der Waals surface area contributed by atoms with E-state index in [2.05, 4.69) is 10.6 Å². The fraction of sp³-hybridized carbons (Fsp3) is 0.429. The highest BCUT2D eigenvalue weighted by atomic mass is 16.5. The predicted octanol–water partition coefficient (Wildman–Crippen LogP) is 2.78. The summed E-state index contributed by atoms with van der Waals surface area (Å²) in [7, 11) is 0. The van der Waals surface area contributed by atoms with E-state index in [1.54, 1.807) is 24.3 Å². The van der Waals surface area contributed by atoms with E-state index in [0.717, 1.165) is 12.8 Å². The van der Waals surface area contributed by atoms with Crippen molar-refractivity contribution in [2.24, 2.45) is 0 Å². The van der Waals surface area contributed by atoms with Gasteiger partial charge in [-0.05, 0) is 25.5 Å². The lowest BCUT2D eigenvalue weighted by atomic mass is 10.2. The summed E-state index contributed by atoms with van der Waals surface area (Å²) in [6, 6.07) is 6.46. The largest absolute Gasteiger partial charge is 0.462 e. The number of carbonyl (C=O) groups is 2. The molecule has 1 aromatic rings. The summed E-state index contributed by atoms with van der Waals surface area (Å²) in [6.07, 6.45) is 1.80. The van der Waals surface area contributed by atoms with Gasteiger partial charge in [0.1, 0.15) is 0 Å². The van der Waals surface area contributed by atoms with Crippen LogP contribution in [-0.2, 0) is 4.74 Å². The lowest BCUT2D eigenvalue weighted by molar-refractivity contribution is 0.0501. The zero-order valence-electron chi connectivity index (χ0n) is 11.4. The Balaban J connectivity index is 2.72. The monoisotopic (exact) mass is 264 g/mol. The van der Waals surface area contributed by atoms with E-state index >= 15 is 0 Å². The first kappa shape index (κ1) is 15.0. The van der Waals surface area contributed by atoms with Gasteiger partial charge >= 0.3 is 12.0 Å². The third kappa shape index (κ3) is 4.99. The van der Waals surface area contributed by atoms with Gasteiger partial charge in [-0.15, -0.1) is 0 Å². The molecule has 1 rings (SSSR count). The molecule has 2 amide bonds. The Morgan fingerprint density at radius 1 is 1.21 bits per heavy atom. The Morgan fingerprint density at radius 3 is 2.63 bits per heavy atom. The number of urea groups is 1. The normalized spacial score (nSPS) is 9.79. The summed E-state index contributed by atoms with van der Waals surface area (Å²) in [6.45, 7) is 4.77. The first-order chi connectivity index (χ1) is 9.19. The van der Waals surface area contributed by atoms with Crippen LogP contribution in [0.15, 0.2) is 24.3 Å². The van der Waals surface area contributed by atoms with Crippen LogP contribution in [0.1, 0.15) is 37.0 Å². The summed E-state index contributed by atoms with van der Waals surface area (Å²) in [5.41, 5.74) is 0.819. The van der Waals surface area contributed by atoms with E-state index in [4.69, 9.17) is 4.74 Å². The fourth-order valence-corrected chi connectivity index (χ4v) is 1.48. The smallest absolute Gasteiger partial charge is 0.340 e. The molecule has 1 aromatic carbocycles. The molecular formula is C14H20N2O3. The van der Waals surface area contributed by atoms with Crippen molar-refractivity contribution in [1.82, 2.24) is 5.32 Å². The van der Waals surface area contributed by atoms with Gasteiger partial charge in [0.2, 0.25) is 0 Å². The second kappa shape index (κ2) is 8.13. The predicted molar refractivity (Wildman–Crippen MR) is 74.3 cm³/mol.